The fourth-order valence-corrected chi connectivity index (χ4v) is 3.43. The van der Waals surface area contributed by atoms with E-state index >= 15 is 0 Å². The van der Waals surface area contributed by atoms with Gasteiger partial charge in [-0.2, -0.15) is 0 Å². The van der Waals surface area contributed by atoms with Crippen molar-refractivity contribution in [2.75, 3.05) is 23.3 Å². The number of aromatic nitrogens is 2. The highest BCUT2D eigenvalue weighted by molar-refractivity contribution is 5.94. The predicted octanol–water partition coefficient (Wildman–Crippen LogP) is 2.88. The number of amides is 1. The summed E-state index contributed by atoms with van der Waals surface area (Å²) in [5.41, 5.74) is 0. The first-order valence-corrected chi connectivity index (χ1v) is 9.40. The average molecular weight is 368 g/mol. The van der Waals surface area contributed by atoms with Crippen LogP contribution in [0.5, 0.6) is 11.5 Å². The van der Waals surface area contributed by atoms with Gasteiger partial charge in [0.1, 0.15) is 24.1 Å². The van der Waals surface area contributed by atoms with Crippen molar-refractivity contribution in [3.8, 4) is 11.5 Å². The van der Waals surface area contributed by atoms with E-state index in [1.165, 1.54) is 6.33 Å². The maximum absolute atomic E-state index is 12.7. The van der Waals surface area contributed by atoms with Crippen molar-refractivity contribution in [2.24, 2.45) is 5.92 Å². The third-order valence-electron chi connectivity index (χ3n) is 5.11. The normalized spacial score (nSPS) is 22.4. The predicted molar refractivity (Wildman–Crippen MR) is 102 cm³/mol. The molecule has 1 fully saturated rings. The molecule has 0 aliphatic carbocycles. The summed E-state index contributed by atoms with van der Waals surface area (Å²) in [5, 5.41) is 2.84. The second-order valence-corrected chi connectivity index (χ2v) is 7.23. The minimum atomic E-state index is -0.742. The van der Waals surface area contributed by atoms with Crippen molar-refractivity contribution in [3.63, 3.8) is 0 Å². The molecule has 2 atom stereocenters. The summed E-state index contributed by atoms with van der Waals surface area (Å²) in [5.74, 6) is 2.99. The van der Waals surface area contributed by atoms with Crippen LogP contribution in [0.4, 0.5) is 11.6 Å². The zero-order valence-electron chi connectivity index (χ0n) is 15.6. The summed E-state index contributed by atoms with van der Waals surface area (Å²) in [6.45, 7) is 6.03. The summed E-state index contributed by atoms with van der Waals surface area (Å²) in [4.78, 5) is 23.5. The van der Waals surface area contributed by atoms with Crippen LogP contribution in [-0.2, 0) is 4.79 Å². The van der Waals surface area contributed by atoms with Gasteiger partial charge in [-0.15, -0.1) is 0 Å². The van der Waals surface area contributed by atoms with E-state index in [0.29, 0.717) is 17.3 Å². The molecule has 4 rings (SSSR count). The molecule has 7 nitrogen and oxygen atoms in total. The van der Waals surface area contributed by atoms with E-state index in [-0.39, 0.29) is 5.91 Å². The molecule has 27 heavy (non-hydrogen) atoms. The van der Waals surface area contributed by atoms with E-state index in [1.54, 1.807) is 6.07 Å². The standard InChI is InChI=1S/C20H24N4O3/c1-13-7-9-24(10-8-13)18-11-17(21-12-22-18)23-20(25)19-14(2)26-15-5-3-4-6-16(15)27-19/h3-6,11-14,19H,7-10H2,1-2H3,(H,21,22,23,25). The molecule has 2 aliphatic heterocycles. The van der Waals surface area contributed by atoms with Crippen molar-refractivity contribution < 1.29 is 14.3 Å². The van der Waals surface area contributed by atoms with Gasteiger partial charge in [-0.05, 0) is 37.8 Å². The molecule has 3 heterocycles. The molecule has 0 spiro atoms. The van der Waals surface area contributed by atoms with Crippen molar-refractivity contribution in [2.45, 2.75) is 38.9 Å². The van der Waals surface area contributed by atoms with Crippen LogP contribution in [0.1, 0.15) is 26.7 Å². The highest BCUT2D eigenvalue weighted by Crippen LogP contribution is 2.33. The Labute approximate surface area is 158 Å². The second-order valence-electron chi connectivity index (χ2n) is 7.23. The van der Waals surface area contributed by atoms with Gasteiger partial charge in [-0.25, -0.2) is 9.97 Å². The minimum Gasteiger partial charge on any atom is -0.482 e. The number of anilines is 2. The lowest BCUT2D eigenvalue weighted by molar-refractivity contribution is -0.128. The van der Waals surface area contributed by atoms with Crippen molar-refractivity contribution >= 4 is 17.5 Å². The van der Waals surface area contributed by atoms with Crippen LogP contribution < -0.4 is 19.7 Å². The number of carbonyl (C=O) groups excluding carboxylic acids is 1. The summed E-state index contributed by atoms with van der Waals surface area (Å²) < 4.78 is 11.7. The van der Waals surface area contributed by atoms with Crippen LogP contribution >= 0.6 is 0 Å². The quantitative estimate of drug-likeness (QED) is 0.898. The summed E-state index contributed by atoms with van der Waals surface area (Å²) in [7, 11) is 0. The van der Waals surface area contributed by atoms with Gasteiger partial charge in [-0.1, -0.05) is 19.1 Å². The third-order valence-corrected chi connectivity index (χ3v) is 5.11. The Hall–Kier alpha value is -2.83. The molecule has 1 aromatic heterocycles. The summed E-state index contributed by atoms with van der Waals surface area (Å²) in [6.07, 6.45) is 2.64. The van der Waals surface area contributed by atoms with Gasteiger partial charge in [0.05, 0.1) is 0 Å². The lowest BCUT2D eigenvalue weighted by atomic mass is 9.99. The number of fused-ring (bicyclic) bond motifs is 1. The highest BCUT2D eigenvalue weighted by Gasteiger charge is 2.34. The number of nitrogens with zero attached hydrogens (tertiary/aromatic N) is 3. The number of para-hydroxylation sites is 2. The first-order valence-electron chi connectivity index (χ1n) is 9.40. The van der Waals surface area contributed by atoms with Gasteiger partial charge in [0.2, 0.25) is 6.10 Å². The maximum Gasteiger partial charge on any atom is 0.270 e. The molecule has 0 bridgehead atoms. The van der Waals surface area contributed by atoms with Crippen molar-refractivity contribution in [1.29, 1.82) is 0 Å². The van der Waals surface area contributed by atoms with Gasteiger partial charge in [0.25, 0.3) is 5.91 Å². The smallest absolute Gasteiger partial charge is 0.270 e. The van der Waals surface area contributed by atoms with E-state index in [0.717, 1.165) is 37.7 Å². The maximum atomic E-state index is 12.7. The van der Waals surface area contributed by atoms with Crippen molar-refractivity contribution in [3.05, 3.63) is 36.7 Å². The highest BCUT2D eigenvalue weighted by atomic mass is 16.6. The van der Waals surface area contributed by atoms with E-state index in [1.807, 2.05) is 31.2 Å². The Morgan fingerprint density at radius 3 is 2.56 bits per heavy atom. The summed E-state index contributed by atoms with van der Waals surface area (Å²) in [6, 6.07) is 9.16. The number of hydrogen-bond donors (Lipinski definition) is 1. The lowest BCUT2D eigenvalue weighted by Gasteiger charge is -2.32. The molecule has 142 valence electrons. The fraction of sp³-hybridized carbons (Fsp3) is 0.450. The second kappa shape index (κ2) is 7.42. The van der Waals surface area contributed by atoms with E-state index in [2.05, 4.69) is 27.1 Å². The molecule has 0 saturated carbocycles. The first-order chi connectivity index (χ1) is 13.1. The molecular weight excluding hydrogens is 344 g/mol. The number of nitrogens with one attached hydrogen (secondary N) is 1. The molecule has 1 amide bonds. The molecule has 2 aliphatic rings. The van der Waals surface area contributed by atoms with E-state index < -0.39 is 12.2 Å². The molecule has 2 aromatic rings. The fourth-order valence-electron chi connectivity index (χ4n) is 3.43. The van der Waals surface area contributed by atoms with Crippen LogP contribution in [0, 0.1) is 5.92 Å². The van der Waals surface area contributed by atoms with Gasteiger partial charge >= 0.3 is 0 Å². The monoisotopic (exact) mass is 368 g/mol. The van der Waals surface area contributed by atoms with Crippen LogP contribution in [0.25, 0.3) is 0 Å². The largest absolute Gasteiger partial charge is 0.482 e. The van der Waals surface area contributed by atoms with Crippen LogP contribution in [0.3, 0.4) is 0 Å². The Morgan fingerprint density at radius 1 is 1.11 bits per heavy atom. The SMILES string of the molecule is CC1CCN(c2cc(NC(=O)C3Oc4ccccc4OC3C)ncn2)CC1. The molecule has 1 saturated heterocycles. The lowest BCUT2D eigenvalue weighted by Crippen LogP contribution is -2.46. The van der Waals surface area contributed by atoms with Gasteiger partial charge < -0.3 is 19.7 Å². The Morgan fingerprint density at radius 2 is 1.81 bits per heavy atom. The van der Waals surface area contributed by atoms with Crippen LogP contribution in [0.15, 0.2) is 36.7 Å². The average Bonchev–Trinajstić information content (AvgIpc) is 2.68. The summed E-state index contributed by atoms with van der Waals surface area (Å²) >= 11 is 0. The van der Waals surface area contributed by atoms with Gasteiger partial charge in [-0.3, -0.25) is 4.79 Å². The number of rotatable bonds is 3. The molecule has 2 unspecified atom stereocenters. The Bertz CT molecular complexity index is 820. The number of benzene rings is 1. The zero-order chi connectivity index (χ0) is 18.8. The molecule has 1 N–H and O–H groups in total. The van der Waals surface area contributed by atoms with E-state index in [4.69, 9.17) is 9.47 Å². The third kappa shape index (κ3) is 3.82. The number of piperidine rings is 1. The van der Waals surface area contributed by atoms with Gasteiger partial charge in [0, 0.05) is 19.2 Å². The number of ether oxygens (including phenoxy) is 2. The van der Waals surface area contributed by atoms with Gasteiger partial charge in [0.15, 0.2) is 11.5 Å². The molecule has 1 aromatic carbocycles. The van der Waals surface area contributed by atoms with E-state index in [9.17, 15) is 4.79 Å². The Kier molecular flexibility index (Phi) is 4.83. The first kappa shape index (κ1) is 17.6. The number of carbonyl (C=O) groups is 1. The van der Waals surface area contributed by atoms with Crippen LogP contribution in [0.2, 0.25) is 0 Å². The van der Waals surface area contributed by atoms with Crippen LogP contribution in [-0.4, -0.2) is 41.2 Å². The number of hydrogen-bond acceptors (Lipinski definition) is 6. The van der Waals surface area contributed by atoms with Crippen molar-refractivity contribution in [1.82, 2.24) is 9.97 Å². The minimum absolute atomic E-state index is 0.283. The molecule has 0 radical (unpaired) electrons. The Balaban J connectivity index is 1.45. The zero-order valence-corrected chi connectivity index (χ0v) is 15.6. The topological polar surface area (TPSA) is 76.6 Å². The molecule has 7 heteroatoms. The molecular formula is C20H24N4O3.